The van der Waals surface area contributed by atoms with Crippen LogP contribution in [0.25, 0.3) is 0 Å². The lowest BCUT2D eigenvalue weighted by molar-refractivity contribution is -0.117. The molecule has 2 heterocycles. The second kappa shape index (κ2) is 18.3. The summed E-state index contributed by atoms with van der Waals surface area (Å²) in [6.45, 7) is 6.19. The SMILES string of the molecule is C=Nc1cc(OCc2cc(COc3cc(/N=C\C4Cc5ccccc5N4C)c(C=O)cc3OC)cc(NC(=O)C(C)NC)c2)c(OC)cc1C(=O)N1CCc2ccccc21. The number of likely N-dealkylation sites (N-methyl/N-ethyl adjacent to an activating group) is 2. The van der Waals surface area contributed by atoms with Crippen LogP contribution in [0.4, 0.5) is 28.4 Å². The Morgan fingerprint density at radius 2 is 1.48 bits per heavy atom. The van der Waals surface area contributed by atoms with E-state index in [0.717, 1.165) is 36.1 Å². The molecule has 0 radical (unpaired) electrons. The number of rotatable bonds is 16. The standard InChI is InChI=1S/C47H48N6O7/c1-29(48-2)46(55)51-35-18-30(27-59-44-23-38(34(26-54)21-42(44)57-5)50-25-36-20-33-12-8-9-13-40(33)52(36)4)17-31(19-35)28-60-45-24-39(49-3)37(22-43(45)58-6)47(56)53-16-15-32-11-7-10-14-41(32)53/h7-14,17-19,21-26,29,36,48H,3,15-16,20,27-28H2,1-2,4-6H3,(H,51,55)/b50-25-. The molecule has 0 fully saturated rings. The number of ether oxygens (including phenoxy) is 4. The van der Waals surface area contributed by atoms with E-state index in [1.807, 2.05) is 67.9 Å². The Bertz CT molecular complexity index is 2470. The fraction of sp³-hybridized carbons (Fsp3) is 0.255. The van der Waals surface area contributed by atoms with Gasteiger partial charge in [0.05, 0.1) is 43.2 Å². The number of benzene rings is 5. The van der Waals surface area contributed by atoms with Gasteiger partial charge in [0.25, 0.3) is 5.91 Å². The summed E-state index contributed by atoms with van der Waals surface area (Å²) in [7, 11) is 6.76. The van der Waals surface area contributed by atoms with Crippen LogP contribution in [0.5, 0.6) is 23.0 Å². The Morgan fingerprint density at radius 3 is 2.12 bits per heavy atom. The molecule has 0 aromatic heterocycles. The van der Waals surface area contributed by atoms with E-state index in [0.29, 0.717) is 68.9 Å². The zero-order chi connectivity index (χ0) is 42.3. The molecule has 2 aliphatic heterocycles. The Kier molecular flexibility index (Phi) is 12.6. The van der Waals surface area contributed by atoms with Crippen LogP contribution in [0, 0.1) is 0 Å². The number of aldehydes is 1. The van der Waals surface area contributed by atoms with Crippen LogP contribution in [0.1, 0.15) is 49.9 Å². The van der Waals surface area contributed by atoms with Crippen molar-refractivity contribution in [3.63, 3.8) is 0 Å². The predicted octanol–water partition coefficient (Wildman–Crippen LogP) is 7.52. The summed E-state index contributed by atoms with van der Waals surface area (Å²) < 4.78 is 24.0. The summed E-state index contributed by atoms with van der Waals surface area (Å²) in [5, 5.41) is 5.93. The molecule has 7 rings (SSSR count). The highest BCUT2D eigenvalue weighted by Gasteiger charge is 2.28. The number of fused-ring (bicyclic) bond motifs is 2. The molecule has 13 nitrogen and oxygen atoms in total. The van der Waals surface area contributed by atoms with Crippen molar-refractivity contribution < 1.29 is 33.3 Å². The van der Waals surface area contributed by atoms with Crippen molar-refractivity contribution in [1.82, 2.24) is 5.32 Å². The molecule has 13 heteroatoms. The number of amides is 2. The van der Waals surface area contributed by atoms with Crippen molar-refractivity contribution in [3.8, 4) is 23.0 Å². The fourth-order valence-electron chi connectivity index (χ4n) is 7.45. The molecule has 0 bridgehead atoms. The topological polar surface area (TPSA) is 143 Å². The van der Waals surface area contributed by atoms with E-state index in [2.05, 4.69) is 39.4 Å². The van der Waals surface area contributed by atoms with Crippen LogP contribution >= 0.6 is 0 Å². The highest BCUT2D eigenvalue weighted by Crippen LogP contribution is 2.39. The third-order valence-corrected chi connectivity index (χ3v) is 10.9. The summed E-state index contributed by atoms with van der Waals surface area (Å²) in [4.78, 5) is 51.8. The number of anilines is 3. The van der Waals surface area contributed by atoms with E-state index in [1.54, 1.807) is 43.1 Å². The van der Waals surface area contributed by atoms with Crippen molar-refractivity contribution in [2.24, 2.45) is 9.98 Å². The first-order valence-corrected chi connectivity index (χ1v) is 19.6. The van der Waals surface area contributed by atoms with Gasteiger partial charge >= 0.3 is 0 Å². The third kappa shape index (κ3) is 8.71. The predicted molar refractivity (Wildman–Crippen MR) is 235 cm³/mol. The smallest absolute Gasteiger partial charge is 0.260 e. The first-order valence-electron chi connectivity index (χ1n) is 19.6. The molecular weight excluding hydrogens is 761 g/mol. The van der Waals surface area contributed by atoms with Gasteiger partial charge < -0.3 is 39.4 Å². The lowest BCUT2D eigenvalue weighted by Gasteiger charge is -2.20. The minimum absolute atomic E-state index is 0.0192. The molecule has 0 spiro atoms. The number of nitrogens with one attached hydrogen (secondary N) is 2. The normalized spacial score (nSPS) is 14.7. The van der Waals surface area contributed by atoms with Gasteiger partial charge in [0.15, 0.2) is 29.3 Å². The number of para-hydroxylation sites is 2. The van der Waals surface area contributed by atoms with Gasteiger partial charge in [0, 0.05) is 54.6 Å². The summed E-state index contributed by atoms with van der Waals surface area (Å²) in [5.74, 6) is 1.02. The maximum atomic E-state index is 13.8. The Labute approximate surface area is 349 Å². The minimum Gasteiger partial charge on any atom is -0.493 e. The van der Waals surface area contributed by atoms with Crippen molar-refractivity contribution >= 4 is 59.5 Å². The number of aliphatic imine (C=N–C) groups is 2. The number of nitrogens with zero attached hydrogens (tertiary/aromatic N) is 4. The van der Waals surface area contributed by atoms with Crippen molar-refractivity contribution in [3.05, 3.63) is 124 Å². The Balaban J connectivity index is 1.13. The van der Waals surface area contributed by atoms with E-state index in [-0.39, 0.29) is 31.1 Å². The van der Waals surface area contributed by atoms with Gasteiger partial charge in [-0.3, -0.25) is 24.4 Å². The van der Waals surface area contributed by atoms with E-state index in [9.17, 15) is 14.4 Å². The second-order valence-electron chi connectivity index (χ2n) is 14.6. The molecule has 5 aromatic rings. The minimum atomic E-state index is -0.452. The molecule has 0 saturated heterocycles. The van der Waals surface area contributed by atoms with Crippen LogP contribution in [-0.2, 0) is 30.8 Å². The molecule has 2 amide bonds. The molecular formula is C47H48N6O7. The summed E-state index contributed by atoms with van der Waals surface area (Å²) in [5.41, 5.74) is 7.84. The van der Waals surface area contributed by atoms with E-state index < -0.39 is 6.04 Å². The first-order chi connectivity index (χ1) is 29.1. The third-order valence-electron chi connectivity index (χ3n) is 10.9. The maximum absolute atomic E-state index is 13.8. The number of carbonyl (C=O) groups is 3. The van der Waals surface area contributed by atoms with Gasteiger partial charge in [0.1, 0.15) is 13.2 Å². The van der Waals surface area contributed by atoms with E-state index >= 15 is 0 Å². The van der Waals surface area contributed by atoms with Gasteiger partial charge in [-0.15, -0.1) is 0 Å². The van der Waals surface area contributed by atoms with Crippen LogP contribution in [0.15, 0.2) is 101 Å². The zero-order valence-corrected chi connectivity index (χ0v) is 34.4. The Hall–Kier alpha value is -6.99. The monoisotopic (exact) mass is 808 g/mol. The average molecular weight is 809 g/mol. The number of hydrogen-bond donors (Lipinski definition) is 2. The molecule has 60 heavy (non-hydrogen) atoms. The molecule has 5 aromatic carbocycles. The zero-order valence-electron chi connectivity index (χ0n) is 34.4. The lowest BCUT2D eigenvalue weighted by atomic mass is 10.1. The van der Waals surface area contributed by atoms with Gasteiger partial charge in [-0.2, -0.15) is 0 Å². The molecule has 2 N–H and O–H groups in total. The Morgan fingerprint density at radius 1 is 0.850 bits per heavy atom. The summed E-state index contributed by atoms with van der Waals surface area (Å²) in [6, 6.07) is 27.8. The molecule has 2 unspecified atom stereocenters. The second-order valence-corrected chi connectivity index (χ2v) is 14.6. The van der Waals surface area contributed by atoms with E-state index in [1.165, 1.54) is 19.8 Å². The van der Waals surface area contributed by atoms with Crippen molar-refractivity contribution in [2.75, 3.05) is 50.0 Å². The molecule has 308 valence electrons. The van der Waals surface area contributed by atoms with Gasteiger partial charge in [0.2, 0.25) is 5.91 Å². The van der Waals surface area contributed by atoms with Gasteiger partial charge in [-0.05, 0) is 98.2 Å². The van der Waals surface area contributed by atoms with Gasteiger partial charge in [-0.1, -0.05) is 36.4 Å². The van der Waals surface area contributed by atoms with Crippen LogP contribution in [0.2, 0.25) is 0 Å². The lowest BCUT2D eigenvalue weighted by Crippen LogP contribution is -2.35. The van der Waals surface area contributed by atoms with Crippen molar-refractivity contribution in [2.45, 2.75) is 45.1 Å². The first kappa shape index (κ1) is 41.2. The molecule has 2 atom stereocenters. The molecule has 0 saturated carbocycles. The summed E-state index contributed by atoms with van der Waals surface area (Å²) >= 11 is 0. The van der Waals surface area contributed by atoms with E-state index in [4.69, 9.17) is 23.9 Å². The maximum Gasteiger partial charge on any atom is 0.260 e. The molecule has 2 aliphatic rings. The quantitative estimate of drug-likeness (QED) is 0.0765. The van der Waals surface area contributed by atoms with Crippen LogP contribution in [0.3, 0.4) is 0 Å². The molecule has 0 aliphatic carbocycles. The van der Waals surface area contributed by atoms with Crippen LogP contribution < -0.4 is 39.4 Å². The number of methoxy groups -OCH3 is 2. The summed E-state index contributed by atoms with van der Waals surface area (Å²) in [6.07, 6.45) is 4.17. The van der Waals surface area contributed by atoms with Crippen molar-refractivity contribution in [1.29, 1.82) is 0 Å². The van der Waals surface area contributed by atoms with Crippen LogP contribution in [-0.4, -0.2) is 78.0 Å². The average Bonchev–Trinajstić information content (AvgIpc) is 3.86. The highest BCUT2D eigenvalue weighted by molar-refractivity contribution is 6.11. The highest BCUT2D eigenvalue weighted by atomic mass is 16.5. The fourth-order valence-corrected chi connectivity index (χ4v) is 7.45. The number of hydrogen-bond acceptors (Lipinski definition) is 11. The largest absolute Gasteiger partial charge is 0.493 e. The number of carbonyl (C=O) groups excluding carboxylic acids is 3. The van der Waals surface area contributed by atoms with Gasteiger partial charge in [-0.25, -0.2) is 0 Å².